The van der Waals surface area contributed by atoms with E-state index in [0.29, 0.717) is 6.42 Å². The van der Waals surface area contributed by atoms with Gasteiger partial charge in [-0.1, -0.05) is 30.3 Å². The van der Waals surface area contributed by atoms with Crippen LogP contribution in [0.2, 0.25) is 0 Å². The second kappa shape index (κ2) is 5.58. The zero-order valence-electron chi connectivity index (χ0n) is 11.2. The number of nitrogens with zero attached hydrogens (tertiary/aromatic N) is 2. The maximum Gasteiger partial charge on any atom is 0.251 e. The van der Waals surface area contributed by atoms with Crippen LogP contribution in [-0.4, -0.2) is 14.9 Å². The van der Waals surface area contributed by atoms with E-state index in [1.807, 2.05) is 42.5 Å². The Balaban J connectivity index is 1.99. The number of allylic oxidation sites excluding steroid dienone is 1. The quantitative estimate of drug-likeness (QED) is 0.587. The van der Waals surface area contributed by atoms with Crippen molar-refractivity contribution in [1.82, 2.24) is 9.97 Å². The molecule has 0 fully saturated rings. The maximum atomic E-state index is 11.3. The Morgan fingerprint density at radius 2 is 2.05 bits per heavy atom. The second-order valence-electron chi connectivity index (χ2n) is 4.70. The summed E-state index contributed by atoms with van der Waals surface area (Å²) >= 11 is 0. The van der Waals surface area contributed by atoms with Gasteiger partial charge in [0.05, 0.1) is 11.3 Å². The number of H-pyrrole nitrogens is 1. The zero-order chi connectivity index (χ0) is 14.7. The molecule has 0 bridgehead atoms. The molecular weight excluding hydrogens is 266 g/mol. The summed E-state index contributed by atoms with van der Waals surface area (Å²) < 4.78 is 0. The van der Waals surface area contributed by atoms with Crippen LogP contribution in [-0.2, 0) is 6.42 Å². The number of aromatic amines is 1. The summed E-state index contributed by atoms with van der Waals surface area (Å²) in [4.78, 5) is 18.1. The van der Waals surface area contributed by atoms with Crippen LogP contribution in [0.25, 0.3) is 17.1 Å². The van der Waals surface area contributed by atoms with Gasteiger partial charge in [0.2, 0.25) is 0 Å². The van der Waals surface area contributed by atoms with Gasteiger partial charge in [-0.05, 0) is 17.7 Å². The Morgan fingerprint density at radius 3 is 2.81 bits per heavy atom. The lowest BCUT2D eigenvalue weighted by Crippen LogP contribution is -2.02. The van der Waals surface area contributed by atoms with Gasteiger partial charge in [-0.25, -0.2) is 4.98 Å². The number of pyridine rings is 1. The number of fused-ring (bicyclic) bond motifs is 1. The molecule has 0 radical (unpaired) electrons. The van der Waals surface area contributed by atoms with Crippen LogP contribution in [0.15, 0.2) is 60.6 Å². The topological polar surface area (TPSA) is 71.8 Å². The molecule has 0 aliphatic carbocycles. The van der Waals surface area contributed by atoms with Gasteiger partial charge < -0.3 is 4.98 Å². The number of rotatable bonds is 4. The molecule has 1 aromatic carbocycles. The Kier molecular flexibility index (Phi) is 3.47. The third-order valence-electron chi connectivity index (χ3n) is 3.27. The molecule has 0 aliphatic rings. The summed E-state index contributed by atoms with van der Waals surface area (Å²) in [5, 5.41) is 12.2. The molecule has 3 rings (SSSR count). The second-order valence-corrected chi connectivity index (χ2v) is 4.70. The molecule has 0 saturated carbocycles. The lowest BCUT2D eigenvalue weighted by Gasteiger charge is -1.99. The predicted octanol–water partition coefficient (Wildman–Crippen LogP) is 3.42. The van der Waals surface area contributed by atoms with Crippen LogP contribution in [0, 0.1) is 10.1 Å². The third kappa shape index (κ3) is 2.81. The molecule has 0 atom stereocenters. The lowest BCUT2D eigenvalue weighted by molar-refractivity contribution is -0.425. The SMILES string of the molecule is O=[N+]([O-])C(=Cc1c[nH]c2ncccc12)Cc1ccccc1. The highest BCUT2D eigenvalue weighted by molar-refractivity contribution is 5.86. The van der Waals surface area contributed by atoms with Crippen molar-refractivity contribution in [2.75, 3.05) is 0 Å². The van der Waals surface area contributed by atoms with E-state index in [0.717, 1.165) is 22.2 Å². The largest absolute Gasteiger partial charge is 0.346 e. The molecule has 0 amide bonds. The first-order valence-corrected chi connectivity index (χ1v) is 6.55. The molecule has 2 aromatic heterocycles. The van der Waals surface area contributed by atoms with Crippen molar-refractivity contribution >= 4 is 17.1 Å². The van der Waals surface area contributed by atoms with Gasteiger partial charge in [-0.3, -0.25) is 10.1 Å². The summed E-state index contributed by atoms with van der Waals surface area (Å²) in [6.07, 6.45) is 5.32. The Hall–Kier alpha value is -2.95. The Bertz CT molecular complexity index is 807. The molecule has 0 unspecified atom stereocenters. The first-order chi connectivity index (χ1) is 10.2. The standard InChI is InChI=1S/C16H13N3O2/c20-19(21)14(9-12-5-2-1-3-6-12)10-13-11-18-16-15(13)7-4-8-17-16/h1-8,10-11H,9H2,(H,17,18). The van der Waals surface area contributed by atoms with Gasteiger partial charge in [0.1, 0.15) is 5.65 Å². The molecule has 2 heterocycles. The molecule has 5 heteroatoms. The van der Waals surface area contributed by atoms with Crippen LogP contribution >= 0.6 is 0 Å². The van der Waals surface area contributed by atoms with E-state index in [-0.39, 0.29) is 10.6 Å². The molecule has 0 aliphatic heterocycles. The Morgan fingerprint density at radius 1 is 1.24 bits per heavy atom. The summed E-state index contributed by atoms with van der Waals surface area (Å²) in [6.45, 7) is 0. The predicted molar refractivity (Wildman–Crippen MR) is 81.2 cm³/mol. The fourth-order valence-electron chi connectivity index (χ4n) is 2.25. The summed E-state index contributed by atoms with van der Waals surface area (Å²) in [5.74, 6) is 0. The fourth-order valence-corrected chi connectivity index (χ4v) is 2.25. The number of nitrogens with one attached hydrogen (secondary N) is 1. The van der Waals surface area contributed by atoms with E-state index in [1.54, 1.807) is 18.5 Å². The van der Waals surface area contributed by atoms with Crippen LogP contribution in [0.4, 0.5) is 0 Å². The molecule has 1 N–H and O–H groups in total. The highest BCUT2D eigenvalue weighted by atomic mass is 16.6. The van der Waals surface area contributed by atoms with Crippen molar-refractivity contribution < 1.29 is 4.92 Å². The normalized spacial score (nSPS) is 11.7. The fraction of sp³-hybridized carbons (Fsp3) is 0.0625. The van der Waals surface area contributed by atoms with Crippen LogP contribution < -0.4 is 0 Å². The highest BCUT2D eigenvalue weighted by Crippen LogP contribution is 2.20. The van der Waals surface area contributed by atoms with E-state index in [9.17, 15) is 10.1 Å². The monoisotopic (exact) mass is 279 g/mol. The van der Waals surface area contributed by atoms with E-state index < -0.39 is 0 Å². The van der Waals surface area contributed by atoms with E-state index in [2.05, 4.69) is 9.97 Å². The van der Waals surface area contributed by atoms with Crippen LogP contribution in [0.1, 0.15) is 11.1 Å². The van der Waals surface area contributed by atoms with Crippen molar-refractivity contribution in [3.05, 3.63) is 81.8 Å². The first kappa shape index (κ1) is 13.1. The lowest BCUT2D eigenvalue weighted by atomic mass is 10.1. The smallest absolute Gasteiger partial charge is 0.251 e. The van der Waals surface area contributed by atoms with Crippen molar-refractivity contribution in [3.63, 3.8) is 0 Å². The average Bonchev–Trinajstić information content (AvgIpc) is 2.91. The molecule has 3 aromatic rings. The van der Waals surface area contributed by atoms with Gasteiger partial charge in [-0.2, -0.15) is 0 Å². The molecule has 21 heavy (non-hydrogen) atoms. The maximum absolute atomic E-state index is 11.3. The number of benzene rings is 1. The number of aromatic nitrogens is 2. The first-order valence-electron chi connectivity index (χ1n) is 6.55. The van der Waals surface area contributed by atoms with Gasteiger partial charge in [0, 0.05) is 29.4 Å². The van der Waals surface area contributed by atoms with Gasteiger partial charge in [-0.15, -0.1) is 0 Å². The number of hydrogen-bond acceptors (Lipinski definition) is 3. The zero-order valence-corrected chi connectivity index (χ0v) is 11.2. The number of hydrogen-bond donors (Lipinski definition) is 1. The summed E-state index contributed by atoms with van der Waals surface area (Å²) in [5.41, 5.74) is 2.58. The molecule has 5 nitrogen and oxygen atoms in total. The molecule has 0 spiro atoms. The minimum Gasteiger partial charge on any atom is -0.346 e. The Labute approximate surface area is 121 Å². The third-order valence-corrected chi connectivity index (χ3v) is 3.27. The van der Waals surface area contributed by atoms with Crippen molar-refractivity contribution in [2.45, 2.75) is 6.42 Å². The van der Waals surface area contributed by atoms with Gasteiger partial charge in [0.25, 0.3) is 5.70 Å². The summed E-state index contributed by atoms with van der Waals surface area (Å²) in [7, 11) is 0. The minimum atomic E-state index is -0.331. The molecule has 0 saturated heterocycles. The molecular formula is C16H13N3O2. The van der Waals surface area contributed by atoms with Gasteiger partial charge >= 0.3 is 0 Å². The van der Waals surface area contributed by atoms with E-state index in [1.165, 1.54) is 0 Å². The van der Waals surface area contributed by atoms with Crippen molar-refractivity contribution in [3.8, 4) is 0 Å². The number of nitro groups is 1. The van der Waals surface area contributed by atoms with E-state index in [4.69, 9.17) is 0 Å². The van der Waals surface area contributed by atoms with Crippen LogP contribution in [0.3, 0.4) is 0 Å². The average molecular weight is 279 g/mol. The highest BCUT2D eigenvalue weighted by Gasteiger charge is 2.13. The molecule has 104 valence electrons. The summed E-state index contributed by atoms with van der Waals surface area (Å²) in [6, 6.07) is 13.1. The van der Waals surface area contributed by atoms with Gasteiger partial charge in [0.15, 0.2) is 0 Å². The van der Waals surface area contributed by atoms with Crippen LogP contribution in [0.5, 0.6) is 0 Å². The van der Waals surface area contributed by atoms with Crippen molar-refractivity contribution in [1.29, 1.82) is 0 Å². The minimum absolute atomic E-state index is 0.158. The van der Waals surface area contributed by atoms with Crippen molar-refractivity contribution in [2.24, 2.45) is 0 Å². The van der Waals surface area contributed by atoms with E-state index >= 15 is 0 Å².